The van der Waals surface area contributed by atoms with Crippen molar-refractivity contribution in [1.82, 2.24) is 0 Å². The minimum Gasteiger partial charge on any atom is -1.00 e. The second-order valence-electron chi connectivity index (χ2n) is 12.6. The van der Waals surface area contributed by atoms with Crippen LogP contribution in [0.3, 0.4) is 0 Å². The van der Waals surface area contributed by atoms with E-state index in [-0.39, 0.29) is 130 Å². The smallest absolute Gasteiger partial charge is 1.00 e. The molecule has 20 heteroatoms. The summed E-state index contributed by atoms with van der Waals surface area (Å²) in [6.07, 6.45) is 0. The predicted molar refractivity (Wildman–Crippen MR) is 312 cm³/mol. The number of halogens is 3. The topological polar surface area (TPSA) is 220 Å². The van der Waals surface area contributed by atoms with Crippen molar-refractivity contribution >= 4 is 77.8 Å². The van der Waals surface area contributed by atoms with E-state index in [4.69, 9.17) is 50.3 Å². The van der Waals surface area contributed by atoms with Crippen molar-refractivity contribution in [2.75, 3.05) is 0 Å². The molecule has 0 aliphatic heterocycles. The van der Waals surface area contributed by atoms with Gasteiger partial charge >= 0.3 is 127 Å². The van der Waals surface area contributed by atoms with Crippen molar-refractivity contribution in [2.24, 2.45) is 0 Å². The number of aromatic carboxylic acids is 1. The number of aromatic hydroxyl groups is 1. The fourth-order valence-corrected chi connectivity index (χ4v) is 4.89. The van der Waals surface area contributed by atoms with Crippen LogP contribution in [0, 0.1) is 0 Å². The molecule has 2 N–H and O–H groups in total. The fraction of sp³-hybridized carbons (Fsp3) is 0.200. The van der Waals surface area contributed by atoms with Gasteiger partial charge in [0.2, 0.25) is 9.23 Å². The second kappa shape index (κ2) is 62.2. The number of esters is 3. The van der Waals surface area contributed by atoms with Gasteiger partial charge < -0.3 is 36.0 Å². The Morgan fingerprint density at radius 1 is 0.475 bits per heavy atom. The van der Waals surface area contributed by atoms with Crippen molar-refractivity contribution in [2.45, 2.75) is 82.5 Å². The number of phenolic OH excluding ortho intramolecular Hbond substituents is 1. The Morgan fingerprint density at radius 3 is 1.00 bits per heavy atom. The van der Waals surface area contributed by atoms with E-state index in [9.17, 15) is 24.0 Å². The number of benzene rings is 7. The summed E-state index contributed by atoms with van der Waals surface area (Å²) in [6, 6.07) is 56.9. The van der Waals surface area contributed by atoms with Crippen molar-refractivity contribution in [1.29, 1.82) is 0 Å². The summed E-state index contributed by atoms with van der Waals surface area (Å²) in [5, 5.41) is 25.5. The van der Waals surface area contributed by atoms with E-state index < -0.39 is 38.3 Å². The first-order chi connectivity index (χ1) is 37.7. The molecule has 0 saturated heterocycles. The third-order valence-electron chi connectivity index (χ3n) is 7.90. The Hall–Kier alpha value is -4.39. The largest absolute Gasteiger partial charge is 1.00 e. The molecule has 0 bridgehead atoms. The fourth-order valence-electron chi connectivity index (χ4n) is 4.76. The maximum atomic E-state index is 12.0. The first kappa shape index (κ1) is 86.9. The van der Waals surface area contributed by atoms with E-state index in [1.165, 1.54) is 24.3 Å². The van der Waals surface area contributed by atoms with E-state index in [2.05, 4.69) is 26.3 Å². The zero-order valence-corrected chi connectivity index (χ0v) is 56.7. The van der Waals surface area contributed by atoms with Gasteiger partial charge in [0, 0.05) is 26.9 Å². The molecule has 0 aromatic heterocycles. The Labute approximate surface area is 575 Å². The van der Waals surface area contributed by atoms with Crippen molar-refractivity contribution in [3.05, 3.63) is 239 Å². The molecule has 0 unspecified atom stereocenters. The number of rotatable bonds is 11. The van der Waals surface area contributed by atoms with Crippen LogP contribution >= 0.6 is 33.0 Å². The van der Waals surface area contributed by atoms with Crippen LogP contribution in [0.15, 0.2) is 200 Å². The molecule has 7 aromatic carbocycles. The summed E-state index contributed by atoms with van der Waals surface area (Å²) in [5.74, 6) is -1.65. The van der Waals surface area contributed by atoms with Gasteiger partial charge in [-0.3, -0.25) is 9.59 Å². The average molecular weight is 1230 g/mol. The van der Waals surface area contributed by atoms with E-state index in [0.717, 1.165) is 11.1 Å². The van der Waals surface area contributed by atoms with Crippen molar-refractivity contribution in [3.8, 4) is 11.5 Å². The number of carboxylic acids is 1. The third-order valence-corrected chi connectivity index (χ3v) is 8.12. The number of carbonyl (C=O) groups is 6. The molecule has 0 fully saturated rings. The molecule has 7 aromatic rings. The van der Waals surface area contributed by atoms with Crippen LogP contribution in [-0.4, -0.2) is 50.0 Å². The van der Waals surface area contributed by atoms with Crippen LogP contribution in [0.2, 0.25) is 0 Å². The quantitative estimate of drug-likeness (QED) is 0.0235. The first-order valence-electron chi connectivity index (χ1n) is 24.3. The Balaban J connectivity index is -0.000000171. The van der Waals surface area contributed by atoms with Gasteiger partial charge in [0.15, 0.2) is 0 Å². The number of ether oxygens (including phenoxy) is 3. The van der Waals surface area contributed by atoms with Crippen LogP contribution in [0.1, 0.15) is 134 Å². The number of carbonyl (C=O) groups excluding carboxylic acids is 5. The normalized spacial score (nSPS) is 8.34. The van der Waals surface area contributed by atoms with E-state index >= 15 is 0 Å². The predicted octanol–water partition coefficient (Wildman–Crippen LogP) is 9.19. The molecule has 0 aliphatic carbocycles. The summed E-state index contributed by atoms with van der Waals surface area (Å²) in [6.45, 7) is 20.3. The van der Waals surface area contributed by atoms with Gasteiger partial charge in [-0.05, 0) is 95.5 Å². The van der Waals surface area contributed by atoms with Gasteiger partial charge in [0.1, 0.15) is 24.7 Å². The summed E-state index contributed by atoms with van der Waals surface area (Å²) in [5.41, 5.74) is 4.03. The SMILES string of the molecule is CC.CC.CC.CC.CC.O=C(Cl)c1ccccc1.O=C(O)c1ccccc1.O=C(OCc1ccccc1)c1ccc(O)cc1.O=C(OCc1ccccc1)c1ccc(OC(=O)c2ccccc2)cc1.O=CO[O-].O=S(Cl)Cl.[H-].[K+].[K+]. The third kappa shape index (κ3) is 47.3. The second-order valence-corrected chi connectivity index (χ2v) is 15.5. The van der Waals surface area contributed by atoms with Crippen LogP contribution in [0.4, 0.5) is 0 Å². The molecule has 0 heterocycles. The Morgan fingerprint density at radius 2 is 0.738 bits per heavy atom. The van der Waals surface area contributed by atoms with Crippen LogP contribution in [0.25, 0.3) is 0 Å². The number of phenols is 1. The number of hydrogen-bond acceptors (Lipinski definition) is 13. The standard InChI is InChI=1S/C21H16O4.C14H12O3.C7H5ClO.C7H6O2.5C2H6.CH2O3.Cl2OS.2K.H/c22-20(24-15-16-7-3-1-4-8-16)18-11-13-19(14-12-18)25-21(23)17-9-5-2-6-10-17;15-13-8-6-12(7-9-13)14(16)17-10-11-4-2-1-3-5-11;2*8-7(9)6-4-2-1-3-5-6;5*1-2;2-1-4-3;1-4(2)3;;;/h1-14H,15H2;1-9,15H,10H2;1-5H;1-5H,(H,8,9);5*1-2H3;1,3H;;;;/q;;;;;;;;;;;2*+1;-1/p-1. The van der Waals surface area contributed by atoms with Crippen LogP contribution in [0.5, 0.6) is 11.5 Å². The maximum absolute atomic E-state index is 12.0. The monoisotopic (exact) mass is 1230 g/mol. The molecule has 14 nitrogen and oxygen atoms in total. The molecular formula is C60H71Cl3K2O14S. The minimum absolute atomic E-state index is 0. The summed E-state index contributed by atoms with van der Waals surface area (Å²) in [4.78, 5) is 67.5. The minimum atomic E-state index is -1.67. The van der Waals surface area contributed by atoms with Gasteiger partial charge in [-0.1, -0.05) is 197 Å². The summed E-state index contributed by atoms with van der Waals surface area (Å²) >= 11 is 5.16. The van der Waals surface area contributed by atoms with Crippen molar-refractivity contribution in [3.63, 3.8) is 0 Å². The van der Waals surface area contributed by atoms with Gasteiger partial charge in [0.05, 0.1) is 22.3 Å². The Kier molecular flexibility index (Phi) is 67.6. The molecular weight excluding hydrogens is 1160 g/mol. The molecule has 0 radical (unpaired) electrons. The molecule has 0 amide bonds. The maximum Gasteiger partial charge on any atom is 1.00 e. The number of hydrogen-bond donors (Lipinski definition) is 2. The molecule has 80 heavy (non-hydrogen) atoms. The van der Waals surface area contributed by atoms with Crippen molar-refractivity contribution < 1.29 is 172 Å². The molecule has 0 aliphatic rings. The molecule has 0 atom stereocenters. The Bertz CT molecular complexity index is 2550. The summed E-state index contributed by atoms with van der Waals surface area (Å²) in [7, 11) is 7.36. The first-order valence-corrected chi connectivity index (χ1v) is 27.5. The zero-order chi connectivity index (χ0) is 59.9. The van der Waals surface area contributed by atoms with Gasteiger partial charge in [-0.2, -0.15) is 0 Å². The van der Waals surface area contributed by atoms with E-state index in [0.29, 0.717) is 33.6 Å². The summed E-state index contributed by atoms with van der Waals surface area (Å²) < 4.78 is 24.8. The van der Waals surface area contributed by atoms with Gasteiger partial charge in [-0.15, -0.1) is 0 Å². The van der Waals surface area contributed by atoms with E-state index in [1.54, 1.807) is 103 Å². The molecule has 0 spiro atoms. The number of carboxylic acid groups (broad SMARTS) is 1. The van der Waals surface area contributed by atoms with E-state index in [1.807, 2.05) is 142 Å². The van der Waals surface area contributed by atoms with Gasteiger partial charge in [-0.25, -0.2) is 23.4 Å². The molecule has 0 saturated carbocycles. The average Bonchev–Trinajstić information content (AvgIpc) is 3.50. The zero-order valence-electron chi connectivity index (χ0n) is 48.4. The molecule has 7 rings (SSSR count). The van der Waals surface area contributed by atoms with Crippen LogP contribution in [-0.2, 0) is 41.6 Å². The molecule has 424 valence electrons. The van der Waals surface area contributed by atoms with Gasteiger partial charge in [0.25, 0.3) is 11.7 Å². The van der Waals surface area contributed by atoms with Crippen LogP contribution < -0.4 is 113 Å².